The third kappa shape index (κ3) is 2.39. The average molecular weight is 162 g/mol. The summed E-state index contributed by atoms with van der Waals surface area (Å²) in [6.07, 6.45) is 1.10. The third-order valence-corrected chi connectivity index (χ3v) is 2.16. The highest BCUT2D eigenvalue weighted by Gasteiger charge is 2.31. The minimum absolute atomic E-state index is 0.0412. The maximum atomic E-state index is 10.8. The molecule has 0 aromatic heterocycles. The fourth-order valence-corrected chi connectivity index (χ4v) is 1.33. The van der Waals surface area contributed by atoms with E-state index in [2.05, 4.69) is 0 Å². The molecule has 2 N–H and O–H groups in total. The first-order valence-electron chi connectivity index (χ1n) is 3.74. The zero-order valence-electron chi connectivity index (χ0n) is 6.60. The fourth-order valence-electron chi connectivity index (χ4n) is 1.33. The third-order valence-electron chi connectivity index (χ3n) is 2.16. The maximum absolute atomic E-state index is 10.8. The Hall–Kier alpha value is -0.200. The van der Waals surface area contributed by atoms with Crippen molar-refractivity contribution in [2.45, 2.75) is 18.9 Å². The van der Waals surface area contributed by atoms with Gasteiger partial charge < -0.3 is 10.3 Å². The van der Waals surface area contributed by atoms with Gasteiger partial charge in [-0.3, -0.25) is 0 Å². The molecule has 1 saturated heterocycles. The Morgan fingerprint density at radius 1 is 1.36 bits per heavy atom. The van der Waals surface area contributed by atoms with E-state index in [4.69, 9.17) is 10.4 Å². The molecule has 0 unspecified atom stereocenters. The molecule has 0 aliphatic carbocycles. The number of quaternary nitrogens is 1. The number of piperidine rings is 1. The number of hydrogen-bond donors (Lipinski definition) is 2. The summed E-state index contributed by atoms with van der Waals surface area (Å²) in [5.74, 6) is 0. The molecule has 1 heterocycles. The van der Waals surface area contributed by atoms with Crippen LogP contribution in [0.1, 0.15) is 12.8 Å². The second-order valence-electron chi connectivity index (χ2n) is 3.10. The Balaban J connectivity index is 2.36. The van der Waals surface area contributed by atoms with Gasteiger partial charge in [0.05, 0.1) is 0 Å². The molecule has 5 nitrogen and oxygen atoms in total. The Kier molecular flexibility index (Phi) is 2.46. The lowest BCUT2D eigenvalue weighted by Crippen LogP contribution is -2.51. The van der Waals surface area contributed by atoms with Crippen molar-refractivity contribution in [1.82, 2.24) is 5.06 Å². The van der Waals surface area contributed by atoms with Crippen LogP contribution in [0, 0.1) is 5.21 Å². The summed E-state index contributed by atoms with van der Waals surface area (Å²) in [5.41, 5.74) is 0. The van der Waals surface area contributed by atoms with Gasteiger partial charge in [-0.2, -0.15) is 10.4 Å². The van der Waals surface area contributed by atoms with Crippen LogP contribution in [0.25, 0.3) is 0 Å². The summed E-state index contributed by atoms with van der Waals surface area (Å²) >= 11 is 0. The highest BCUT2D eigenvalue weighted by atomic mass is 16.8. The van der Waals surface area contributed by atoms with Crippen molar-refractivity contribution in [3.63, 3.8) is 0 Å². The molecule has 0 aromatic carbocycles. The normalized spacial score (nSPS) is 25.9. The highest BCUT2D eigenvalue weighted by Crippen LogP contribution is 2.16. The van der Waals surface area contributed by atoms with Gasteiger partial charge >= 0.3 is 0 Å². The second kappa shape index (κ2) is 3.04. The van der Waals surface area contributed by atoms with Gasteiger partial charge in [-0.25, -0.2) is 0 Å². The van der Waals surface area contributed by atoms with Gasteiger partial charge in [0.25, 0.3) is 0 Å². The Bertz CT molecular complexity index is 128. The summed E-state index contributed by atoms with van der Waals surface area (Å²) in [5, 5.41) is 29.7. The molecule has 1 rings (SSSR count). The molecule has 1 aliphatic rings. The Morgan fingerprint density at radius 2 is 1.82 bits per heavy atom. The molecule has 0 radical (unpaired) electrons. The first-order valence-corrected chi connectivity index (χ1v) is 3.74. The van der Waals surface area contributed by atoms with Gasteiger partial charge in [-0.05, 0) is 11.9 Å². The van der Waals surface area contributed by atoms with Crippen LogP contribution in [0.4, 0.5) is 0 Å². The number of hydroxylamine groups is 6. The summed E-state index contributed by atoms with van der Waals surface area (Å²) in [4.78, 5) is -0.926. The van der Waals surface area contributed by atoms with Crippen LogP contribution < -0.4 is 0 Å². The summed E-state index contributed by atoms with van der Waals surface area (Å²) in [6, 6.07) is -0.0412. The van der Waals surface area contributed by atoms with Crippen LogP contribution >= 0.6 is 0 Å². The molecular formula is C6H14N2O3. The van der Waals surface area contributed by atoms with Gasteiger partial charge in [0.2, 0.25) is 0 Å². The lowest BCUT2D eigenvalue weighted by molar-refractivity contribution is -1.25. The topological polar surface area (TPSA) is 66.8 Å². The minimum Gasteiger partial charge on any atom is -0.785 e. The molecule has 1 fully saturated rings. The fraction of sp³-hybridized carbons (Fsp3) is 1.00. The van der Waals surface area contributed by atoms with E-state index in [0.29, 0.717) is 12.8 Å². The predicted octanol–water partition coefficient (Wildman–Crippen LogP) is 0.174. The average Bonchev–Trinajstić information content (AvgIpc) is 1.86. The van der Waals surface area contributed by atoms with Crippen molar-refractivity contribution in [2.24, 2.45) is 0 Å². The van der Waals surface area contributed by atoms with E-state index in [1.807, 2.05) is 0 Å². The van der Waals surface area contributed by atoms with E-state index in [0.717, 1.165) is 5.06 Å². The molecule has 66 valence electrons. The van der Waals surface area contributed by atoms with E-state index >= 15 is 0 Å². The maximum Gasteiger partial charge on any atom is 0.143 e. The molecule has 0 atom stereocenters. The number of nitrogens with zero attached hydrogens (tertiary/aromatic N) is 2. The molecule has 11 heavy (non-hydrogen) atoms. The van der Waals surface area contributed by atoms with Gasteiger partial charge in [-0.15, -0.1) is 0 Å². The van der Waals surface area contributed by atoms with Crippen LogP contribution in [-0.4, -0.2) is 46.5 Å². The zero-order valence-corrected chi connectivity index (χ0v) is 6.60. The van der Waals surface area contributed by atoms with Crippen molar-refractivity contribution >= 4 is 0 Å². The lowest BCUT2D eigenvalue weighted by Gasteiger charge is -2.38. The van der Waals surface area contributed by atoms with Gasteiger partial charge in [0.1, 0.15) is 13.1 Å². The van der Waals surface area contributed by atoms with Crippen LogP contribution in [0.2, 0.25) is 0 Å². The number of hydrogen-bond acceptors (Lipinski definition) is 4. The van der Waals surface area contributed by atoms with Gasteiger partial charge in [0.15, 0.2) is 0 Å². The molecule has 1 aliphatic heterocycles. The van der Waals surface area contributed by atoms with E-state index in [1.165, 1.54) is 7.05 Å². The smallest absolute Gasteiger partial charge is 0.143 e. The van der Waals surface area contributed by atoms with Crippen LogP contribution in [-0.2, 0) is 0 Å². The van der Waals surface area contributed by atoms with E-state index in [9.17, 15) is 5.21 Å². The van der Waals surface area contributed by atoms with E-state index < -0.39 is 4.81 Å². The van der Waals surface area contributed by atoms with Crippen molar-refractivity contribution in [1.29, 1.82) is 0 Å². The first kappa shape index (κ1) is 8.89. The predicted molar refractivity (Wildman–Crippen MR) is 37.7 cm³/mol. The molecule has 0 spiro atoms. The number of rotatable bonds is 1. The lowest BCUT2D eigenvalue weighted by atomic mass is 10.1. The van der Waals surface area contributed by atoms with Crippen LogP contribution in [0.5, 0.6) is 0 Å². The van der Waals surface area contributed by atoms with Crippen molar-refractivity contribution in [2.75, 3.05) is 20.1 Å². The first-order chi connectivity index (χ1) is 5.01. The van der Waals surface area contributed by atoms with Crippen molar-refractivity contribution in [3.8, 4) is 0 Å². The van der Waals surface area contributed by atoms with Crippen molar-refractivity contribution in [3.05, 3.63) is 5.21 Å². The SMILES string of the molecule is CN([O-])C1CC[N+](O)(O)CC1. The molecule has 0 amide bonds. The van der Waals surface area contributed by atoms with Gasteiger partial charge in [0, 0.05) is 18.9 Å². The van der Waals surface area contributed by atoms with E-state index in [-0.39, 0.29) is 19.1 Å². The second-order valence-corrected chi connectivity index (χ2v) is 3.10. The zero-order chi connectivity index (χ0) is 8.48. The molecule has 0 aromatic rings. The van der Waals surface area contributed by atoms with E-state index in [1.54, 1.807) is 0 Å². The summed E-state index contributed by atoms with van der Waals surface area (Å²) < 4.78 is 0. The quantitative estimate of drug-likeness (QED) is 0.426. The molecule has 0 saturated carbocycles. The monoisotopic (exact) mass is 162 g/mol. The standard InChI is InChI=1S/C6H14N2O3/c1-7(9)6-2-4-8(10,11)5-3-6/h6,10-11H,2-5H2,1H3. The summed E-state index contributed by atoms with van der Waals surface area (Å²) in [7, 11) is 1.47. The molecule has 0 bridgehead atoms. The Labute approximate surface area is 65.5 Å². The van der Waals surface area contributed by atoms with Gasteiger partial charge in [-0.1, -0.05) is 0 Å². The summed E-state index contributed by atoms with van der Waals surface area (Å²) in [6.45, 7) is 0.495. The Morgan fingerprint density at radius 3 is 2.18 bits per heavy atom. The van der Waals surface area contributed by atoms with Crippen LogP contribution in [0.15, 0.2) is 0 Å². The van der Waals surface area contributed by atoms with Crippen molar-refractivity contribution < 1.29 is 15.2 Å². The highest BCUT2D eigenvalue weighted by molar-refractivity contribution is 4.70. The molecule has 5 heteroatoms. The minimum atomic E-state index is -0.926. The largest absolute Gasteiger partial charge is 0.785 e. The molecular weight excluding hydrogens is 148 g/mol. The van der Waals surface area contributed by atoms with Crippen LogP contribution in [0.3, 0.4) is 0 Å².